The molecule has 2 heteroatoms. The summed E-state index contributed by atoms with van der Waals surface area (Å²) in [5.41, 5.74) is 1.56. The molecule has 1 aromatic heterocycles. The fourth-order valence-electron chi connectivity index (χ4n) is 3.11. The Balaban J connectivity index is 1.82. The molecule has 0 radical (unpaired) electrons. The topological polar surface area (TPSA) is 29.8 Å². The monoisotopic (exact) mass is 234 g/mol. The van der Waals surface area contributed by atoms with E-state index in [1.807, 2.05) is 12.1 Å². The summed E-state index contributed by atoms with van der Waals surface area (Å²) in [5, 5.41) is 2.38. The van der Waals surface area contributed by atoms with E-state index in [0.717, 1.165) is 24.1 Å². The predicted molar refractivity (Wildman–Crippen MR) is 69.4 cm³/mol. The average molecular weight is 234 g/mol. The molecule has 0 spiro atoms. The Kier molecular flexibility index (Phi) is 4.06. The maximum Gasteiger partial charge on any atom is 0.157 e. The summed E-state index contributed by atoms with van der Waals surface area (Å²) in [4.78, 5) is 0. The van der Waals surface area contributed by atoms with Gasteiger partial charge in [0.2, 0.25) is 0 Å². The molecule has 3 atom stereocenters. The molecule has 1 aliphatic carbocycles. The van der Waals surface area contributed by atoms with Gasteiger partial charge in [0.1, 0.15) is 6.54 Å². The normalized spacial score (nSPS) is 29.1. The van der Waals surface area contributed by atoms with Crippen LogP contribution in [-0.4, -0.2) is 6.54 Å². The van der Waals surface area contributed by atoms with Crippen molar-refractivity contribution in [3.05, 3.63) is 35.8 Å². The standard InChI is InChI=1S/C15H23NO/c1-11-7-12(2)15(13(3)8-11)10-16-9-14-5-4-6-17-14/h4-7,12-13,15-16H,8-10H2,1-3H3/p+1/t12-,13+,15-/m0/s1. The molecule has 0 bridgehead atoms. The Labute approximate surface area is 104 Å². The lowest BCUT2D eigenvalue weighted by atomic mass is 9.75. The molecular weight excluding hydrogens is 210 g/mol. The molecule has 2 rings (SSSR count). The number of nitrogens with two attached hydrogens (primary N) is 1. The first-order valence-electron chi connectivity index (χ1n) is 6.68. The van der Waals surface area contributed by atoms with Crippen LogP contribution < -0.4 is 5.32 Å². The van der Waals surface area contributed by atoms with E-state index in [1.165, 1.54) is 13.0 Å². The molecular formula is C15H24NO+. The third-order valence-electron chi connectivity index (χ3n) is 3.96. The fourth-order valence-corrected chi connectivity index (χ4v) is 3.11. The van der Waals surface area contributed by atoms with Crippen LogP contribution in [0.2, 0.25) is 0 Å². The van der Waals surface area contributed by atoms with E-state index >= 15 is 0 Å². The highest BCUT2D eigenvalue weighted by Crippen LogP contribution is 2.32. The summed E-state index contributed by atoms with van der Waals surface area (Å²) in [6.45, 7) is 9.16. The van der Waals surface area contributed by atoms with Gasteiger partial charge in [0, 0.05) is 5.92 Å². The maximum atomic E-state index is 5.35. The van der Waals surface area contributed by atoms with Gasteiger partial charge in [-0.05, 0) is 37.3 Å². The van der Waals surface area contributed by atoms with Gasteiger partial charge in [0.05, 0.1) is 12.8 Å². The number of quaternary nitrogens is 1. The molecule has 1 aliphatic rings. The van der Waals surface area contributed by atoms with Crippen molar-refractivity contribution < 1.29 is 9.73 Å². The molecule has 1 aromatic rings. The van der Waals surface area contributed by atoms with Crippen LogP contribution in [0.3, 0.4) is 0 Å². The first-order valence-corrected chi connectivity index (χ1v) is 6.68. The molecule has 0 aromatic carbocycles. The van der Waals surface area contributed by atoms with E-state index in [9.17, 15) is 0 Å². The van der Waals surface area contributed by atoms with Crippen LogP contribution in [0, 0.1) is 17.8 Å². The molecule has 0 aliphatic heterocycles. The van der Waals surface area contributed by atoms with Gasteiger partial charge in [-0.3, -0.25) is 0 Å². The van der Waals surface area contributed by atoms with Crippen molar-refractivity contribution in [2.45, 2.75) is 33.7 Å². The first kappa shape index (κ1) is 12.4. The van der Waals surface area contributed by atoms with E-state index in [1.54, 1.807) is 11.8 Å². The van der Waals surface area contributed by atoms with Crippen molar-refractivity contribution in [3.63, 3.8) is 0 Å². The van der Waals surface area contributed by atoms with Gasteiger partial charge in [-0.15, -0.1) is 0 Å². The van der Waals surface area contributed by atoms with E-state index in [0.29, 0.717) is 5.92 Å². The van der Waals surface area contributed by atoms with Gasteiger partial charge in [-0.1, -0.05) is 25.5 Å². The molecule has 2 nitrogen and oxygen atoms in total. The average Bonchev–Trinajstić information content (AvgIpc) is 2.74. The van der Waals surface area contributed by atoms with Crippen molar-refractivity contribution in [2.75, 3.05) is 6.54 Å². The van der Waals surface area contributed by atoms with Crippen LogP contribution in [0.1, 0.15) is 33.0 Å². The van der Waals surface area contributed by atoms with Gasteiger partial charge in [-0.2, -0.15) is 0 Å². The van der Waals surface area contributed by atoms with Crippen molar-refractivity contribution in [1.82, 2.24) is 0 Å². The summed E-state index contributed by atoms with van der Waals surface area (Å²) in [6, 6.07) is 4.01. The molecule has 0 amide bonds. The second kappa shape index (κ2) is 5.54. The molecule has 0 fully saturated rings. The number of furan rings is 1. The van der Waals surface area contributed by atoms with Crippen molar-refractivity contribution in [3.8, 4) is 0 Å². The zero-order valence-electron chi connectivity index (χ0n) is 11.1. The van der Waals surface area contributed by atoms with Crippen molar-refractivity contribution in [2.24, 2.45) is 17.8 Å². The van der Waals surface area contributed by atoms with Crippen LogP contribution in [0.15, 0.2) is 34.5 Å². The molecule has 1 heterocycles. The minimum absolute atomic E-state index is 0.714. The second-order valence-corrected chi connectivity index (χ2v) is 5.53. The smallest absolute Gasteiger partial charge is 0.157 e. The first-order chi connectivity index (χ1) is 8.16. The second-order valence-electron chi connectivity index (χ2n) is 5.53. The molecule has 0 saturated heterocycles. The third kappa shape index (κ3) is 3.22. The van der Waals surface area contributed by atoms with Crippen molar-refractivity contribution in [1.29, 1.82) is 0 Å². The Morgan fingerprint density at radius 2 is 2.24 bits per heavy atom. The largest absolute Gasteiger partial charge is 0.463 e. The quantitative estimate of drug-likeness (QED) is 0.797. The Morgan fingerprint density at radius 1 is 1.41 bits per heavy atom. The van der Waals surface area contributed by atoms with Gasteiger partial charge in [-0.25, -0.2) is 0 Å². The minimum atomic E-state index is 0.714. The maximum absolute atomic E-state index is 5.35. The summed E-state index contributed by atoms with van der Waals surface area (Å²) >= 11 is 0. The van der Waals surface area contributed by atoms with E-state index in [-0.39, 0.29) is 0 Å². The Hall–Kier alpha value is -1.02. The minimum Gasteiger partial charge on any atom is -0.463 e. The Bertz CT molecular complexity index is 366. The number of hydrogen-bond donors (Lipinski definition) is 1. The van der Waals surface area contributed by atoms with Gasteiger partial charge in [0.25, 0.3) is 0 Å². The van der Waals surface area contributed by atoms with Crippen molar-refractivity contribution >= 4 is 0 Å². The lowest BCUT2D eigenvalue weighted by Gasteiger charge is -2.31. The highest BCUT2D eigenvalue weighted by Gasteiger charge is 2.27. The number of allylic oxidation sites excluding steroid dienone is 2. The highest BCUT2D eigenvalue weighted by atomic mass is 16.3. The summed E-state index contributed by atoms with van der Waals surface area (Å²) in [6.07, 6.45) is 5.47. The molecule has 17 heavy (non-hydrogen) atoms. The SMILES string of the molecule is CC1=C[C@H](C)[C@H](C[NH2+]Cc2ccco2)[C@H](C)C1. The summed E-state index contributed by atoms with van der Waals surface area (Å²) in [7, 11) is 0. The van der Waals surface area contributed by atoms with Crippen LogP contribution in [0.5, 0.6) is 0 Å². The third-order valence-corrected chi connectivity index (χ3v) is 3.96. The highest BCUT2D eigenvalue weighted by molar-refractivity contribution is 5.08. The summed E-state index contributed by atoms with van der Waals surface area (Å²) in [5.74, 6) is 3.40. The summed E-state index contributed by atoms with van der Waals surface area (Å²) < 4.78 is 5.35. The molecule has 0 unspecified atom stereocenters. The van der Waals surface area contributed by atoms with Crippen LogP contribution >= 0.6 is 0 Å². The zero-order chi connectivity index (χ0) is 12.3. The van der Waals surface area contributed by atoms with Gasteiger partial charge >= 0.3 is 0 Å². The molecule has 0 saturated carbocycles. The Morgan fingerprint density at radius 3 is 2.88 bits per heavy atom. The van der Waals surface area contributed by atoms with Crippen LogP contribution in [-0.2, 0) is 6.54 Å². The number of rotatable bonds is 4. The molecule has 94 valence electrons. The predicted octanol–water partition coefficient (Wildman–Crippen LogP) is 2.58. The fraction of sp³-hybridized carbons (Fsp3) is 0.600. The van der Waals surface area contributed by atoms with E-state index in [2.05, 4.69) is 32.2 Å². The molecule has 2 N–H and O–H groups in total. The zero-order valence-corrected chi connectivity index (χ0v) is 11.1. The lowest BCUT2D eigenvalue weighted by molar-refractivity contribution is -0.679. The van der Waals surface area contributed by atoms with Gasteiger partial charge < -0.3 is 9.73 Å². The van der Waals surface area contributed by atoms with Crippen LogP contribution in [0.4, 0.5) is 0 Å². The number of hydrogen-bond acceptors (Lipinski definition) is 1. The van der Waals surface area contributed by atoms with E-state index < -0.39 is 0 Å². The van der Waals surface area contributed by atoms with Gasteiger partial charge in [0.15, 0.2) is 5.76 Å². The van der Waals surface area contributed by atoms with E-state index in [4.69, 9.17) is 4.42 Å². The lowest BCUT2D eigenvalue weighted by Crippen LogP contribution is -2.84. The van der Waals surface area contributed by atoms with Crippen LogP contribution in [0.25, 0.3) is 0 Å².